The molecule has 0 bridgehead atoms. The SMILES string of the molecule is C.COCCOCC(P=O)N1COc2ccc(C)cc2C1. The van der Waals surface area contributed by atoms with Gasteiger partial charge in [0, 0.05) is 19.2 Å². The predicted octanol–water partition coefficient (Wildman–Crippen LogP) is 3.06. The van der Waals surface area contributed by atoms with E-state index in [4.69, 9.17) is 14.2 Å². The Kier molecular flexibility index (Phi) is 7.83. The molecule has 21 heavy (non-hydrogen) atoms. The van der Waals surface area contributed by atoms with Gasteiger partial charge < -0.3 is 14.2 Å². The van der Waals surface area contributed by atoms with Crippen LogP contribution in [-0.4, -0.2) is 44.3 Å². The van der Waals surface area contributed by atoms with E-state index in [9.17, 15) is 4.57 Å². The Bertz CT molecular complexity index is 455. The van der Waals surface area contributed by atoms with Gasteiger partial charge in [-0.3, -0.25) is 9.46 Å². The fraction of sp³-hybridized carbons (Fsp3) is 0.600. The van der Waals surface area contributed by atoms with Gasteiger partial charge in [0.1, 0.15) is 18.3 Å². The number of ether oxygens (including phenoxy) is 3. The molecule has 1 aromatic rings. The van der Waals surface area contributed by atoms with Gasteiger partial charge in [-0.25, -0.2) is 0 Å². The van der Waals surface area contributed by atoms with Crippen LogP contribution in [0.15, 0.2) is 18.2 Å². The lowest BCUT2D eigenvalue weighted by Gasteiger charge is -2.32. The fourth-order valence-electron chi connectivity index (χ4n) is 2.11. The lowest BCUT2D eigenvalue weighted by Crippen LogP contribution is -2.40. The first-order chi connectivity index (χ1) is 9.74. The molecule has 118 valence electrons. The van der Waals surface area contributed by atoms with Gasteiger partial charge in [-0.15, -0.1) is 0 Å². The zero-order chi connectivity index (χ0) is 14.4. The summed E-state index contributed by atoms with van der Waals surface area (Å²) in [7, 11) is 1.68. The van der Waals surface area contributed by atoms with Crippen LogP contribution in [-0.2, 0) is 20.6 Å². The van der Waals surface area contributed by atoms with Gasteiger partial charge in [0.25, 0.3) is 0 Å². The van der Waals surface area contributed by atoms with E-state index in [0.717, 1.165) is 17.9 Å². The highest BCUT2D eigenvalue weighted by atomic mass is 31.1. The van der Waals surface area contributed by atoms with Crippen molar-refractivity contribution in [3.63, 3.8) is 0 Å². The molecular formula is C15H24NO4P. The summed E-state index contributed by atoms with van der Waals surface area (Å²) in [6, 6.07) is 6.12. The second-order valence-electron chi connectivity index (χ2n) is 4.79. The van der Waals surface area contributed by atoms with Crippen molar-refractivity contribution in [2.45, 2.75) is 26.7 Å². The van der Waals surface area contributed by atoms with Gasteiger partial charge in [0.15, 0.2) is 8.46 Å². The maximum Gasteiger partial charge on any atom is 0.177 e. The Labute approximate surface area is 128 Å². The molecule has 2 rings (SSSR count). The van der Waals surface area contributed by atoms with E-state index < -0.39 is 0 Å². The summed E-state index contributed by atoms with van der Waals surface area (Å²) in [5.41, 5.74) is 2.32. The van der Waals surface area contributed by atoms with Crippen molar-refractivity contribution in [1.29, 1.82) is 0 Å². The van der Waals surface area contributed by atoms with E-state index in [1.54, 1.807) is 7.11 Å². The number of hydrogen-bond acceptors (Lipinski definition) is 5. The molecule has 1 aliphatic rings. The van der Waals surface area contributed by atoms with Crippen molar-refractivity contribution >= 4 is 8.46 Å². The van der Waals surface area contributed by atoms with E-state index in [0.29, 0.717) is 26.6 Å². The third-order valence-electron chi connectivity index (χ3n) is 3.22. The summed E-state index contributed by atoms with van der Waals surface area (Å²) in [5.74, 6) is 0.717. The molecule has 5 nitrogen and oxygen atoms in total. The molecule has 0 aromatic heterocycles. The molecule has 6 heteroatoms. The standard InChI is InChI=1S/C14H20NO4P.CH4/c1-11-3-4-13-12(7-11)8-15(10-19-13)14(20-16)9-18-6-5-17-2;/h3-4,7,14H,5-6,8-10H2,1-2H3;1H4. The Morgan fingerprint density at radius 3 is 2.95 bits per heavy atom. The summed E-state index contributed by atoms with van der Waals surface area (Å²) >= 11 is 0. The maximum atomic E-state index is 11.3. The van der Waals surface area contributed by atoms with Crippen LogP contribution in [0.5, 0.6) is 5.75 Å². The number of aryl methyl sites for hydroxylation is 1. The van der Waals surface area contributed by atoms with E-state index >= 15 is 0 Å². The Hall–Kier alpha value is -1.00. The number of methoxy groups -OCH3 is 1. The highest BCUT2D eigenvalue weighted by Gasteiger charge is 2.25. The lowest BCUT2D eigenvalue weighted by molar-refractivity contribution is 0.0194. The van der Waals surface area contributed by atoms with Gasteiger partial charge in [0.2, 0.25) is 0 Å². The first-order valence-electron chi connectivity index (χ1n) is 6.60. The molecule has 0 saturated heterocycles. The molecular weight excluding hydrogens is 289 g/mol. The van der Waals surface area contributed by atoms with E-state index in [2.05, 4.69) is 13.0 Å². The van der Waals surface area contributed by atoms with Gasteiger partial charge in [-0.1, -0.05) is 25.1 Å². The van der Waals surface area contributed by atoms with Crippen molar-refractivity contribution in [1.82, 2.24) is 4.90 Å². The van der Waals surface area contributed by atoms with Crippen LogP contribution in [0, 0.1) is 6.92 Å². The van der Waals surface area contributed by atoms with Gasteiger partial charge in [-0.2, -0.15) is 0 Å². The smallest absolute Gasteiger partial charge is 0.177 e. The molecule has 0 N–H and O–H groups in total. The molecule has 0 amide bonds. The average molecular weight is 313 g/mol. The summed E-state index contributed by atoms with van der Waals surface area (Å²) < 4.78 is 27.4. The minimum atomic E-state index is -0.194. The normalized spacial score (nSPS) is 15.9. The van der Waals surface area contributed by atoms with E-state index in [1.807, 2.05) is 17.0 Å². The zero-order valence-electron chi connectivity index (χ0n) is 11.9. The Balaban J connectivity index is 0.00000220. The van der Waals surface area contributed by atoms with Crippen LogP contribution in [0.25, 0.3) is 0 Å². The lowest BCUT2D eigenvalue weighted by atomic mass is 10.1. The Morgan fingerprint density at radius 1 is 1.43 bits per heavy atom. The summed E-state index contributed by atoms with van der Waals surface area (Å²) in [6.07, 6.45) is 0. The minimum absolute atomic E-state index is 0. The quantitative estimate of drug-likeness (QED) is 0.572. The summed E-state index contributed by atoms with van der Waals surface area (Å²) in [6.45, 7) is 4.66. The first-order valence-corrected chi connectivity index (χ1v) is 7.48. The van der Waals surface area contributed by atoms with Crippen molar-refractivity contribution in [2.75, 3.05) is 33.7 Å². The predicted molar refractivity (Wildman–Crippen MR) is 83.0 cm³/mol. The summed E-state index contributed by atoms with van der Waals surface area (Å²) in [4.78, 5) is 2.02. The molecule has 1 unspecified atom stereocenters. The van der Waals surface area contributed by atoms with E-state index in [-0.39, 0.29) is 21.7 Å². The van der Waals surface area contributed by atoms with Crippen LogP contribution < -0.4 is 4.74 Å². The molecule has 1 heterocycles. The Morgan fingerprint density at radius 2 is 2.24 bits per heavy atom. The number of fused-ring (bicyclic) bond motifs is 1. The molecule has 1 aliphatic heterocycles. The number of benzene rings is 1. The monoisotopic (exact) mass is 313 g/mol. The van der Waals surface area contributed by atoms with Crippen LogP contribution in [0.4, 0.5) is 0 Å². The number of nitrogens with zero attached hydrogens (tertiary/aromatic N) is 1. The molecule has 0 aliphatic carbocycles. The van der Waals surface area contributed by atoms with Crippen LogP contribution in [0.1, 0.15) is 18.6 Å². The van der Waals surface area contributed by atoms with Gasteiger partial charge in [0.05, 0.1) is 19.8 Å². The first kappa shape index (κ1) is 18.1. The summed E-state index contributed by atoms with van der Waals surface area (Å²) in [5, 5.41) is 0. The van der Waals surface area contributed by atoms with Crippen LogP contribution in [0.2, 0.25) is 0 Å². The second-order valence-corrected chi connectivity index (χ2v) is 5.59. The van der Waals surface area contributed by atoms with Crippen LogP contribution in [0.3, 0.4) is 0 Å². The van der Waals surface area contributed by atoms with Crippen molar-refractivity contribution in [3.8, 4) is 5.75 Å². The molecule has 0 radical (unpaired) electrons. The van der Waals surface area contributed by atoms with Gasteiger partial charge in [-0.05, 0) is 13.0 Å². The third kappa shape index (κ3) is 5.04. The molecule has 0 saturated carbocycles. The third-order valence-corrected chi connectivity index (χ3v) is 3.94. The van der Waals surface area contributed by atoms with E-state index in [1.165, 1.54) is 5.56 Å². The van der Waals surface area contributed by atoms with Crippen molar-refractivity contribution in [2.24, 2.45) is 0 Å². The van der Waals surface area contributed by atoms with Gasteiger partial charge >= 0.3 is 0 Å². The van der Waals surface area contributed by atoms with Crippen LogP contribution >= 0.6 is 8.46 Å². The maximum absolute atomic E-state index is 11.3. The largest absolute Gasteiger partial charge is 0.478 e. The van der Waals surface area contributed by atoms with Crippen molar-refractivity contribution in [3.05, 3.63) is 29.3 Å². The van der Waals surface area contributed by atoms with Crippen molar-refractivity contribution < 1.29 is 18.8 Å². The topological polar surface area (TPSA) is 48.0 Å². The number of rotatable bonds is 7. The minimum Gasteiger partial charge on any atom is -0.478 e. The molecule has 0 spiro atoms. The second kappa shape index (κ2) is 9.11. The molecule has 1 aromatic carbocycles. The molecule has 1 atom stereocenters. The number of hydrogen-bond donors (Lipinski definition) is 0. The average Bonchev–Trinajstić information content (AvgIpc) is 2.46. The highest BCUT2D eigenvalue weighted by Crippen LogP contribution is 2.28. The highest BCUT2D eigenvalue weighted by molar-refractivity contribution is 7.24. The zero-order valence-corrected chi connectivity index (χ0v) is 12.8. The fourth-order valence-corrected chi connectivity index (χ4v) is 2.56. The molecule has 0 fully saturated rings.